The van der Waals surface area contributed by atoms with Crippen LogP contribution in [0.4, 0.5) is 0 Å². The van der Waals surface area contributed by atoms with E-state index in [1.54, 1.807) is 0 Å². The van der Waals surface area contributed by atoms with E-state index in [1.807, 2.05) is 13.2 Å². The maximum Gasteiger partial charge on any atom is 0.0922 e. The standard InChI is InChI=1S/C14H28O.C12H22O.C12H24O.C12H26O.2C12H24.C11H20O.CH4/c1-7-15-12-11-14(5,6)10-8-9-13(2,3)4;1-8-6-10(12(3,4)5)7-11(13)9(8)2;1-11(2,3)9-6-7-12(4,5)10(13)8-9;1-11(2,3)8-7-10(9-13)12(4,5)6;2*1-7-12(5,6)10-8-9-11(2,3)4;1-8-5-6-9(10(12)7-8)11(2,3)4;/h11-12H,7-10H2,1-6H3;8,10,13H,6-7H2,1-5H3;9-10,13H,6-8H2,1-5H3;10,13H,7-9H2,1-6H3;2*7H,1,8-10H2,2-6H3;8,12H,5-7H2,1-4H3;1H4/b12-11+;;;;;;;/t;8?,10-;9-,10?;;;;8-;/m.11...1./s1. The monoisotopic (exact) mass is 1290 g/mol. The number of aliphatic hydroxyl groups excluding tert-OH is 4. The minimum atomic E-state index is -0.106. The molecular weight excluding hydrogens is 1110 g/mol. The van der Waals surface area contributed by atoms with E-state index in [0.29, 0.717) is 91.0 Å². The first-order chi connectivity index (χ1) is 39.9. The molecule has 1 saturated carbocycles. The van der Waals surface area contributed by atoms with E-state index >= 15 is 0 Å². The first kappa shape index (κ1) is 97.7. The Hall–Kier alpha value is -1.98. The fraction of sp³-hybridized carbons (Fsp3) is 0.884. The van der Waals surface area contributed by atoms with Crippen LogP contribution >= 0.6 is 0 Å². The fourth-order valence-electron chi connectivity index (χ4n) is 11.4. The zero-order valence-corrected chi connectivity index (χ0v) is 68.2. The van der Waals surface area contributed by atoms with Crippen LogP contribution in [-0.2, 0) is 4.74 Å². The highest BCUT2D eigenvalue weighted by molar-refractivity contribution is 5.18. The molecule has 0 heterocycles. The maximum atomic E-state index is 9.97. The zero-order chi connectivity index (χ0) is 72.2. The lowest BCUT2D eigenvalue weighted by Crippen LogP contribution is -2.39. The average molecular weight is 1290 g/mol. The van der Waals surface area contributed by atoms with Gasteiger partial charge in [0.2, 0.25) is 0 Å². The molecule has 0 aromatic rings. The summed E-state index contributed by atoms with van der Waals surface area (Å²) in [5.74, 6) is 4.27. The molecule has 0 saturated heterocycles. The second-order valence-corrected chi connectivity index (χ2v) is 40.6. The summed E-state index contributed by atoms with van der Waals surface area (Å²) < 4.78 is 5.24. The Balaban J connectivity index is -0.000000316. The van der Waals surface area contributed by atoms with Gasteiger partial charge in [0, 0.05) is 19.4 Å². The summed E-state index contributed by atoms with van der Waals surface area (Å²) in [6.07, 6.45) is 30.6. The van der Waals surface area contributed by atoms with Gasteiger partial charge in [-0.3, -0.25) is 0 Å². The summed E-state index contributed by atoms with van der Waals surface area (Å²) >= 11 is 0. The van der Waals surface area contributed by atoms with Crippen molar-refractivity contribution in [2.24, 2.45) is 94.6 Å². The summed E-state index contributed by atoms with van der Waals surface area (Å²) in [6, 6.07) is 0. The largest absolute Gasteiger partial charge is 0.512 e. The lowest BCUT2D eigenvalue weighted by Gasteiger charge is -2.44. The highest BCUT2D eigenvalue weighted by Gasteiger charge is 2.39. The van der Waals surface area contributed by atoms with Gasteiger partial charge in [-0.2, -0.15) is 0 Å². The molecule has 3 aliphatic rings. The van der Waals surface area contributed by atoms with E-state index in [4.69, 9.17) is 4.74 Å². The quantitative estimate of drug-likeness (QED) is 0.0861. The molecule has 3 aliphatic carbocycles. The Morgan fingerprint density at radius 2 is 0.945 bits per heavy atom. The number of allylic oxidation sites excluding steroid dienone is 7. The van der Waals surface area contributed by atoms with E-state index in [9.17, 15) is 20.4 Å². The Morgan fingerprint density at radius 3 is 1.24 bits per heavy atom. The van der Waals surface area contributed by atoms with Gasteiger partial charge in [0.05, 0.1) is 30.5 Å². The smallest absolute Gasteiger partial charge is 0.0922 e. The number of ether oxygens (including phenoxy) is 1. The third-order valence-corrected chi connectivity index (χ3v) is 19.8. The van der Waals surface area contributed by atoms with Gasteiger partial charge in [-0.1, -0.05) is 274 Å². The minimum Gasteiger partial charge on any atom is -0.512 e. The third-order valence-electron chi connectivity index (χ3n) is 19.8. The molecule has 0 aliphatic heterocycles. The third kappa shape index (κ3) is 52.8. The zero-order valence-electron chi connectivity index (χ0n) is 68.2. The van der Waals surface area contributed by atoms with Crippen molar-refractivity contribution in [3.05, 3.63) is 60.3 Å². The van der Waals surface area contributed by atoms with E-state index in [2.05, 4.69) is 274 Å². The molecule has 91 heavy (non-hydrogen) atoms. The first-order valence-electron chi connectivity index (χ1n) is 36.6. The normalized spacial score (nSPS) is 20.7. The highest BCUT2D eigenvalue weighted by Crippen LogP contribution is 2.46. The van der Waals surface area contributed by atoms with Crippen LogP contribution in [0, 0.1) is 94.6 Å². The van der Waals surface area contributed by atoms with Gasteiger partial charge in [-0.05, 0) is 216 Å². The lowest BCUT2D eigenvalue weighted by atomic mass is 9.64. The molecule has 0 amide bonds. The molecule has 0 radical (unpaired) electrons. The van der Waals surface area contributed by atoms with Crippen molar-refractivity contribution in [2.45, 2.75) is 385 Å². The number of aliphatic hydroxyl groups is 4. The van der Waals surface area contributed by atoms with E-state index in [1.165, 1.54) is 94.6 Å². The van der Waals surface area contributed by atoms with Crippen LogP contribution in [0.1, 0.15) is 379 Å². The summed E-state index contributed by atoms with van der Waals surface area (Å²) in [5.41, 5.74) is 6.40. The van der Waals surface area contributed by atoms with Gasteiger partial charge >= 0.3 is 0 Å². The topological polar surface area (TPSA) is 90.2 Å². The average Bonchev–Trinajstić information content (AvgIpc) is 1.02. The van der Waals surface area contributed by atoms with Gasteiger partial charge in [-0.25, -0.2) is 0 Å². The van der Waals surface area contributed by atoms with Crippen molar-refractivity contribution in [1.82, 2.24) is 0 Å². The maximum absolute atomic E-state index is 9.97. The lowest BCUT2D eigenvalue weighted by molar-refractivity contribution is -0.0315. The van der Waals surface area contributed by atoms with Crippen LogP contribution in [0.5, 0.6) is 0 Å². The fourth-order valence-corrected chi connectivity index (χ4v) is 11.4. The molecule has 0 aromatic carbocycles. The molecule has 1 fully saturated rings. The van der Waals surface area contributed by atoms with Crippen molar-refractivity contribution in [2.75, 3.05) is 13.2 Å². The molecule has 3 rings (SSSR count). The minimum absolute atomic E-state index is 0. The van der Waals surface area contributed by atoms with Crippen LogP contribution in [0.2, 0.25) is 0 Å². The predicted octanol–water partition coefficient (Wildman–Crippen LogP) is 28.5. The number of hydrogen-bond donors (Lipinski definition) is 4. The van der Waals surface area contributed by atoms with Crippen molar-refractivity contribution in [3.63, 3.8) is 0 Å². The van der Waals surface area contributed by atoms with Crippen molar-refractivity contribution in [1.29, 1.82) is 0 Å². The molecular formula is C86H172O5. The van der Waals surface area contributed by atoms with Crippen LogP contribution in [0.3, 0.4) is 0 Å². The van der Waals surface area contributed by atoms with Crippen molar-refractivity contribution in [3.8, 4) is 0 Å². The summed E-state index contributed by atoms with van der Waals surface area (Å²) in [4.78, 5) is 0. The molecule has 5 heteroatoms. The van der Waals surface area contributed by atoms with E-state index in [0.717, 1.165) is 45.1 Å². The molecule has 5 nitrogen and oxygen atoms in total. The number of hydrogen-bond acceptors (Lipinski definition) is 5. The molecule has 0 spiro atoms. The van der Waals surface area contributed by atoms with Gasteiger partial charge in [0.15, 0.2) is 0 Å². The first-order valence-corrected chi connectivity index (χ1v) is 36.6. The SMILES string of the molecule is C.C=CC(C)(C)CCCC(C)(C)C.C=CC(C)(C)CCCC(C)(C)C.CC(C)(C)CCC(CO)C(C)(C)C.CC1(C)CC[C@@H](C(C)(C)C)CC1O.CC1=C(O)C[C@H](C(C)(C)C)CC1C.CCO/C=C/C(C)(C)CCCC(C)(C)C.C[C@@H]1CCC(C(C)(C)C)=C(O)C1. The summed E-state index contributed by atoms with van der Waals surface area (Å²) in [7, 11) is 0. The molecule has 3 unspecified atom stereocenters. The van der Waals surface area contributed by atoms with E-state index < -0.39 is 0 Å². The Labute approximate surface area is 575 Å². The van der Waals surface area contributed by atoms with Gasteiger partial charge in [0.1, 0.15) is 0 Å². The van der Waals surface area contributed by atoms with Crippen LogP contribution in [0.15, 0.2) is 60.3 Å². The van der Waals surface area contributed by atoms with Gasteiger partial charge < -0.3 is 25.2 Å². The van der Waals surface area contributed by atoms with Gasteiger partial charge in [0.25, 0.3) is 0 Å². The second-order valence-electron chi connectivity index (χ2n) is 40.6. The Bertz CT molecular complexity index is 1960. The Morgan fingerprint density at radius 1 is 0.549 bits per heavy atom. The van der Waals surface area contributed by atoms with Crippen LogP contribution in [0.25, 0.3) is 0 Å². The van der Waals surface area contributed by atoms with Crippen LogP contribution in [-0.4, -0.2) is 39.7 Å². The second kappa shape index (κ2) is 42.0. The van der Waals surface area contributed by atoms with Gasteiger partial charge in [-0.15, -0.1) is 13.2 Å². The van der Waals surface area contributed by atoms with Crippen molar-refractivity contribution >= 4 is 0 Å². The molecule has 0 aromatic heterocycles. The van der Waals surface area contributed by atoms with Crippen molar-refractivity contribution < 1.29 is 25.2 Å². The summed E-state index contributed by atoms with van der Waals surface area (Å²) in [5, 5.41) is 38.7. The molecule has 0 bridgehead atoms. The molecule has 546 valence electrons. The predicted molar refractivity (Wildman–Crippen MR) is 413 cm³/mol. The Kier molecular flexibility index (Phi) is 45.1. The van der Waals surface area contributed by atoms with Crippen LogP contribution < -0.4 is 0 Å². The molecule has 6 atom stereocenters. The van der Waals surface area contributed by atoms with E-state index in [-0.39, 0.29) is 35.2 Å². The molecule has 4 N–H and O–H groups in total. The number of rotatable bonds is 17. The summed E-state index contributed by atoms with van der Waals surface area (Å²) in [6.45, 7) is 89.4. The highest BCUT2D eigenvalue weighted by atomic mass is 16.5.